The van der Waals surface area contributed by atoms with Gasteiger partial charge in [0.05, 0.1) is 23.8 Å². The van der Waals surface area contributed by atoms with Crippen LogP contribution in [0, 0.1) is 5.92 Å². The molecule has 2 aromatic rings. The molecule has 4 unspecified atom stereocenters. The number of fused-ring (bicyclic) bond motifs is 1. The molecular formula is C36H51ClN4O6S. The van der Waals surface area contributed by atoms with Crippen molar-refractivity contribution < 1.29 is 28.0 Å². The molecule has 2 aliphatic heterocycles. The van der Waals surface area contributed by atoms with Gasteiger partial charge >= 0.3 is 6.09 Å². The third-order valence-electron chi connectivity index (χ3n) is 8.86. The minimum Gasteiger partial charge on any atom is -0.491 e. The van der Waals surface area contributed by atoms with Gasteiger partial charge in [0.15, 0.2) is 11.0 Å². The molecule has 12 heteroatoms. The van der Waals surface area contributed by atoms with E-state index >= 15 is 0 Å². The van der Waals surface area contributed by atoms with Crippen LogP contribution in [0.2, 0.25) is 5.02 Å². The number of nitrogens with zero attached hydrogens (tertiary/aromatic N) is 2. The molecule has 0 spiro atoms. The van der Waals surface area contributed by atoms with Gasteiger partial charge in [-0.25, -0.2) is 9.00 Å². The van der Waals surface area contributed by atoms with Crippen LogP contribution in [-0.4, -0.2) is 86.3 Å². The maximum Gasteiger partial charge on any atom is 0.407 e. The van der Waals surface area contributed by atoms with E-state index in [-0.39, 0.29) is 18.4 Å². The van der Waals surface area contributed by atoms with Gasteiger partial charge in [-0.3, -0.25) is 9.52 Å². The highest BCUT2D eigenvalue weighted by Crippen LogP contribution is 2.38. The Morgan fingerprint density at radius 3 is 2.73 bits per heavy atom. The molecule has 2 aromatic carbocycles. The van der Waals surface area contributed by atoms with E-state index in [2.05, 4.69) is 34.9 Å². The van der Waals surface area contributed by atoms with Gasteiger partial charge in [0.1, 0.15) is 17.5 Å². The van der Waals surface area contributed by atoms with Crippen molar-refractivity contribution in [2.75, 3.05) is 58.4 Å². The number of hydrogen-bond donors (Lipinski definition) is 2. The summed E-state index contributed by atoms with van der Waals surface area (Å²) >= 11 is 6.42. The van der Waals surface area contributed by atoms with Crippen molar-refractivity contribution in [3.63, 3.8) is 0 Å². The Bertz CT molecular complexity index is 1470. The van der Waals surface area contributed by atoms with Crippen molar-refractivity contribution in [3.05, 3.63) is 64.7 Å². The minimum atomic E-state index is -1.82. The molecule has 4 rings (SSSR count). The first kappa shape index (κ1) is 37.7. The highest BCUT2D eigenvalue weighted by molar-refractivity contribution is 7.83. The van der Waals surface area contributed by atoms with E-state index in [4.69, 9.17) is 25.8 Å². The Hall–Kier alpha value is -3.12. The second kappa shape index (κ2) is 17.5. The number of ether oxygens (including phenoxy) is 3. The van der Waals surface area contributed by atoms with Gasteiger partial charge in [0.25, 0.3) is 5.91 Å². The molecule has 2 aliphatic rings. The molecule has 0 aromatic heterocycles. The fourth-order valence-corrected chi connectivity index (χ4v) is 7.12. The summed E-state index contributed by atoms with van der Waals surface area (Å²) in [6, 6.07) is 11.5. The number of aryl methyl sites for hydroxylation is 1. The van der Waals surface area contributed by atoms with E-state index in [1.54, 1.807) is 26.0 Å². The normalized spacial score (nSPS) is 23.8. The number of alkyl carbamates (subject to hydrolysis) is 1. The van der Waals surface area contributed by atoms with Crippen LogP contribution in [-0.2, 0) is 31.7 Å². The van der Waals surface area contributed by atoms with Crippen molar-refractivity contribution in [1.29, 1.82) is 0 Å². The van der Waals surface area contributed by atoms with Crippen molar-refractivity contribution >= 4 is 40.3 Å². The van der Waals surface area contributed by atoms with Gasteiger partial charge < -0.3 is 29.3 Å². The molecule has 0 radical (unpaired) electrons. The first-order valence-electron chi connectivity index (χ1n) is 16.8. The Balaban J connectivity index is 1.71. The fraction of sp³-hybridized carbons (Fsp3) is 0.556. The molecule has 0 fully saturated rings. The molecule has 4 atom stereocenters. The van der Waals surface area contributed by atoms with Crippen molar-refractivity contribution in [1.82, 2.24) is 14.9 Å². The van der Waals surface area contributed by atoms with Crippen molar-refractivity contribution in [2.45, 2.75) is 75.9 Å². The lowest BCUT2D eigenvalue weighted by Gasteiger charge is -2.31. The largest absolute Gasteiger partial charge is 0.491 e. The van der Waals surface area contributed by atoms with Crippen LogP contribution in [0.1, 0.15) is 64.0 Å². The van der Waals surface area contributed by atoms with E-state index in [0.29, 0.717) is 54.9 Å². The average molecular weight is 703 g/mol. The quantitative estimate of drug-likeness (QED) is 0.330. The lowest BCUT2D eigenvalue weighted by atomic mass is 9.91. The second-order valence-corrected chi connectivity index (χ2v) is 14.8. The van der Waals surface area contributed by atoms with E-state index in [1.807, 2.05) is 49.3 Å². The number of hydrogen-bond acceptors (Lipinski definition) is 8. The summed E-state index contributed by atoms with van der Waals surface area (Å²) in [6.07, 6.45) is 6.00. The molecule has 0 aliphatic carbocycles. The molecule has 2 amide bonds. The van der Waals surface area contributed by atoms with Crippen LogP contribution < -0.4 is 19.7 Å². The maximum absolute atomic E-state index is 13.5. The van der Waals surface area contributed by atoms with E-state index in [9.17, 15) is 13.8 Å². The SMILES string of the molecule is CCCc1cc(Cl)ccc1C1COc2ccc3cc2N(CCC(CC)C(OC(=O)NCCN(C)C)/C=C/COC(C)(C)C(=O)NS3=O)C1. The van der Waals surface area contributed by atoms with Crippen molar-refractivity contribution in [3.8, 4) is 5.75 Å². The third-order valence-corrected chi connectivity index (χ3v) is 10.1. The number of amides is 2. The second-order valence-electron chi connectivity index (χ2n) is 13.2. The first-order valence-corrected chi connectivity index (χ1v) is 18.4. The summed E-state index contributed by atoms with van der Waals surface area (Å²) in [5, 5.41) is 3.57. The minimum absolute atomic E-state index is 0.0142. The number of carbonyl (C=O) groups is 2. The summed E-state index contributed by atoms with van der Waals surface area (Å²) in [5.74, 6) is 0.207. The maximum atomic E-state index is 13.5. The molecular weight excluding hydrogens is 652 g/mol. The number of rotatable bonds is 8. The predicted molar refractivity (Wildman–Crippen MR) is 191 cm³/mol. The van der Waals surface area contributed by atoms with Crippen LogP contribution in [0.3, 0.4) is 0 Å². The van der Waals surface area contributed by atoms with Crippen LogP contribution >= 0.6 is 11.6 Å². The summed E-state index contributed by atoms with van der Waals surface area (Å²) in [6.45, 7) is 10.5. The summed E-state index contributed by atoms with van der Waals surface area (Å²) in [5.41, 5.74) is 1.95. The van der Waals surface area contributed by atoms with Gasteiger partial charge in [-0.1, -0.05) is 44.0 Å². The number of benzene rings is 2. The Morgan fingerprint density at radius 1 is 1.21 bits per heavy atom. The Labute approximate surface area is 293 Å². The van der Waals surface area contributed by atoms with Crippen LogP contribution in [0.15, 0.2) is 53.4 Å². The lowest BCUT2D eigenvalue weighted by molar-refractivity contribution is -0.139. The Kier molecular flexibility index (Phi) is 13.8. The topological polar surface area (TPSA) is 109 Å². The van der Waals surface area contributed by atoms with Gasteiger partial charge in [0.2, 0.25) is 0 Å². The van der Waals surface area contributed by atoms with Crippen LogP contribution in [0.4, 0.5) is 10.5 Å². The molecule has 48 heavy (non-hydrogen) atoms. The highest BCUT2D eigenvalue weighted by Gasteiger charge is 2.32. The zero-order valence-electron chi connectivity index (χ0n) is 29.1. The summed E-state index contributed by atoms with van der Waals surface area (Å²) in [4.78, 5) is 30.8. The van der Waals surface area contributed by atoms with E-state index < -0.39 is 34.7 Å². The lowest BCUT2D eigenvalue weighted by Crippen LogP contribution is -2.45. The molecule has 2 N–H and O–H groups in total. The average Bonchev–Trinajstić information content (AvgIpc) is 3.21. The van der Waals surface area contributed by atoms with Gasteiger partial charge in [-0.2, -0.15) is 0 Å². The summed E-state index contributed by atoms with van der Waals surface area (Å²) < 4.78 is 34.4. The van der Waals surface area contributed by atoms with E-state index in [0.717, 1.165) is 24.9 Å². The molecule has 2 heterocycles. The number of carbonyl (C=O) groups excluding carboxylic acids is 2. The molecule has 0 saturated heterocycles. The Morgan fingerprint density at radius 2 is 2.00 bits per heavy atom. The molecule has 10 nitrogen and oxygen atoms in total. The van der Waals surface area contributed by atoms with Gasteiger partial charge in [-0.15, -0.1) is 0 Å². The summed E-state index contributed by atoms with van der Waals surface area (Å²) in [7, 11) is 2.07. The predicted octanol–water partition coefficient (Wildman–Crippen LogP) is 5.85. The van der Waals surface area contributed by atoms with E-state index in [1.165, 1.54) is 11.1 Å². The monoisotopic (exact) mass is 702 g/mol. The van der Waals surface area contributed by atoms with Crippen molar-refractivity contribution in [2.24, 2.45) is 5.92 Å². The smallest absolute Gasteiger partial charge is 0.407 e. The number of nitrogens with one attached hydrogen (secondary N) is 2. The third kappa shape index (κ3) is 10.2. The number of likely N-dealkylation sites (N-methyl/N-ethyl adjacent to an activating group) is 1. The molecule has 264 valence electrons. The van der Waals surface area contributed by atoms with Gasteiger partial charge in [0, 0.05) is 43.0 Å². The first-order chi connectivity index (χ1) is 22.9. The fourth-order valence-electron chi connectivity index (χ4n) is 5.99. The molecule has 0 saturated carbocycles. The van der Waals surface area contributed by atoms with Gasteiger partial charge in [-0.05, 0) is 94.7 Å². The zero-order valence-corrected chi connectivity index (χ0v) is 30.6. The van der Waals surface area contributed by atoms with Crippen LogP contribution in [0.5, 0.6) is 5.75 Å². The molecule has 2 bridgehead atoms. The highest BCUT2D eigenvalue weighted by atomic mass is 35.5. The standard InChI is InChI=1S/C36H51ClN4O6S/c1-7-10-26-21-28(37)12-14-30(26)27-23-41-18-16-25(8-2)32(47-35(43)38-17-19-40(5)6)11-9-20-46-36(3,4)34(42)39-48(44)29-13-15-33(45-24-27)31(41)22-29/h9,11-15,21-22,25,27,32H,7-8,10,16-20,23-24H2,1-6H3,(H,38,43)(H,39,42)/b11-9+. The zero-order chi connectivity index (χ0) is 34.8. The van der Waals surface area contributed by atoms with Crippen LogP contribution in [0.25, 0.3) is 0 Å². The number of halogens is 1. The number of anilines is 1.